The molecule has 0 saturated heterocycles. The van der Waals surface area contributed by atoms with Crippen LogP contribution in [0.1, 0.15) is 25.7 Å². The van der Waals surface area contributed by atoms with Crippen LogP contribution in [0.5, 0.6) is 0 Å². The molecule has 0 radical (unpaired) electrons. The van der Waals surface area contributed by atoms with Crippen molar-refractivity contribution in [1.29, 1.82) is 0 Å². The minimum absolute atomic E-state index is 0.345. The first-order chi connectivity index (χ1) is 12.1. The van der Waals surface area contributed by atoms with Gasteiger partial charge in [-0.05, 0) is 49.4 Å². The summed E-state index contributed by atoms with van der Waals surface area (Å²) in [6, 6.07) is 9.01. The van der Waals surface area contributed by atoms with Gasteiger partial charge in [0, 0.05) is 30.9 Å². The van der Waals surface area contributed by atoms with Gasteiger partial charge in [-0.25, -0.2) is 9.97 Å². The van der Waals surface area contributed by atoms with E-state index < -0.39 is 0 Å². The summed E-state index contributed by atoms with van der Waals surface area (Å²) in [6.07, 6.45) is 7.85. The number of nitrogens with one attached hydrogen (secondary N) is 1. The molecule has 1 aliphatic carbocycles. The number of halogens is 1. The Hall–Kier alpha value is -2.11. The zero-order valence-corrected chi connectivity index (χ0v) is 15.0. The van der Waals surface area contributed by atoms with Gasteiger partial charge in [0.1, 0.15) is 5.82 Å². The van der Waals surface area contributed by atoms with Gasteiger partial charge >= 0.3 is 0 Å². The van der Waals surface area contributed by atoms with Crippen molar-refractivity contribution in [1.82, 2.24) is 14.5 Å². The number of imidazole rings is 1. The number of aryl methyl sites for hydroxylation is 1. The molecule has 0 amide bonds. The lowest BCUT2D eigenvalue weighted by Crippen LogP contribution is -2.33. The fraction of sp³-hybridized carbons (Fsp3) is 0.368. The standard InChI is InChI=1S/C19H22ClN5/c1-25-11-23-17-7-2-12(8-18(17)25)15-9-19(22-10-16(15)20)24-14-5-3-13(21)4-6-14/h2,7-11,13-14H,3-6,21H2,1H3,(H,22,24). The minimum atomic E-state index is 0.345. The molecule has 0 spiro atoms. The van der Waals surface area contributed by atoms with Crippen LogP contribution in [0.25, 0.3) is 22.2 Å². The highest BCUT2D eigenvalue weighted by molar-refractivity contribution is 6.33. The third-order valence-electron chi connectivity index (χ3n) is 5.02. The van der Waals surface area contributed by atoms with E-state index in [0.717, 1.165) is 53.7 Å². The highest BCUT2D eigenvalue weighted by Crippen LogP contribution is 2.32. The normalized spacial score (nSPS) is 20.8. The third kappa shape index (κ3) is 3.34. The van der Waals surface area contributed by atoms with E-state index in [1.165, 1.54) is 0 Å². The Morgan fingerprint density at radius 2 is 1.96 bits per heavy atom. The van der Waals surface area contributed by atoms with Crippen LogP contribution in [0, 0.1) is 0 Å². The van der Waals surface area contributed by atoms with Crippen LogP contribution in [0.3, 0.4) is 0 Å². The number of pyridine rings is 1. The van der Waals surface area contributed by atoms with E-state index in [-0.39, 0.29) is 0 Å². The fourth-order valence-corrected chi connectivity index (χ4v) is 3.72. The summed E-state index contributed by atoms with van der Waals surface area (Å²) in [7, 11) is 1.99. The summed E-state index contributed by atoms with van der Waals surface area (Å²) in [5, 5.41) is 4.19. The quantitative estimate of drug-likeness (QED) is 0.745. The average molecular weight is 356 g/mol. The zero-order valence-electron chi connectivity index (χ0n) is 14.2. The Balaban J connectivity index is 1.63. The first-order valence-electron chi connectivity index (χ1n) is 8.69. The maximum absolute atomic E-state index is 6.43. The lowest BCUT2D eigenvalue weighted by Gasteiger charge is -2.27. The molecule has 1 aromatic carbocycles. The average Bonchev–Trinajstić information content (AvgIpc) is 2.99. The number of fused-ring (bicyclic) bond motifs is 1. The summed E-state index contributed by atoms with van der Waals surface area (Å²) >= 11 is 6.43. The largest absolute Gasteiger partial charge is 0.367 e. The van der Waals surface area contributed by atoms with Crippen molar-refractivity contribution in [2.24, 2.45) is 12.8 Å². The second kappa shape index (κ2) is 6.65. The van der Waals surface area contributed by atoms with Gasteiger partial charge in [0.15, 0.2) is 0 Å². The molecule has 6 heteroatoms. The molecule has 4 rings (SSSR count). The van der Waals surface area contributed by atoms with Gasteiger partial charge in [-0.1, -0.05) is 17.7 Å². The Labute approximate surface area is 152 Å². The first-order valence-corrected chi connectivity index (χ1v) is 9.07. The minimum Gasteiger partial charge on any atom is -0.367 e. The zero-order chi connectivity index (χ0) is 17.4. The molecular weight excluding hydrogens is 334 g/mol. The molecule has 0 atom stereocenters. The van der Waals surface area contributed by atoms with Gasteiger partial charge in [0.05, 0.1) is 22.4 Å². The lowest BCUT2D eigenvalue weighted by atomic mass is 9.92. The lowest BCUT2D eigenvalue weighted by molar-refractivity contribution is 0.410. The van der Waals surface area contributed by atoms with Gasteiger partial charge in [-0.3, -0.25) is 0 Å². The second-order valence-corrected chi connectivity index (χ2v) is 7.27. The summed E-state index contributed by atoms with van der Waals surface area (Å²) in [6.45, 7) is 0. The SMILES string of the molecule is Cn1cnc2ccc(-c3cc(NC4CCC(N)CC4)ncc3Cl)cc21. The smallest absolute Gasteiger partial charge is 0.126 e. The third-order valence-corrected chi connectivity index (χ3v) is 5.32. The van der Waals surface area contributed by atoms with E-state index in [2.05, 4.69) is 27.4 Å². The predicted molar refractivity (Wildman–Crippen MR) is 103 cm³/mol. The topological polar surface area (TPSA) is 68.8 Å². The second-order valence-electron chi connectivity index (χ2n) is 6.86. The van der Waals surface area contributed by atoms with E-state index in [1.807, 2.05) is 30.1 Å². The van der Waals surface area contributed by atoms with Gasteiger partial charge in [-0.2, -0.15) is 0 Å². The van der Waals surface area contributed by atoms with Crippen LogP contribution < -0.4 is 11.1 Å². The van der Waals surface area contributed by atoms with Gasteiger partial charge in [0.2, 0.25) is 0 Å². The van der Waals surface area contributed by atoms with E-state index in [4.69, 9.17) is 17.3 Å². The molecule has 1 aliphatic rings. The number of benzene rings is 1. The van der Waals surface area contributed by atoms with Crippen molar-refractivity contribution in [3.8, 4) is 11.1 Å². The number of anilines is 1. The Bertz CT molecular complexity index is 896. The molecular formula is C19H22ClN5. The van der Waals surface area contributed by atoms with Crippen molar-refractivity contribution >= 4 is 28.5 Å². The molecule has 3 N–H and O–H groups in total. The molecule has 25 heavy (non-hydrogen) atoms. The molecule has 2 aromatic heterocycles. The van der Waals surface area contributed by atoms with Crippen LogP contribution in [0.2, 0.25) is 5.02 Å². The molecule has 130 valence electrons. The highest BCUT2D eigenvalue weighted by Gasteiger charge is 2.19. The number of aromatic nitrogens is 3. The predicted octanol–water partition coefficient (Wildman–Crippen LogP) is 3.97. The van der Waals surface area contributed by atoms with Gasteiger partial charge in [0.25, 0.3) is 0 Å². The summed E-state index contributed by atoms with van der Waals surface area (Å²) < 4.78 is 2.01. The van der Waals surface area contributed by atoms with Crippen molar-refractivity contribution in [3.05, 3.63) is 41.8 Å². The maximum Gasteiger partial charge on any atom is 0.126 e. The Kier molecular flexibility index (Phi) is 4.36. The fourth-order valence-electron chi connectivity index (χ4n) is 3.51. The highest BCUT2D eigenvalue weighted by atomic mass is 35.5. The molecule has 1 fully saturated rings. The van der Waals surface area contributed by atoms with Gasteiger partial charge in [-0.15, -0.1) is 0 Å². The van der Waals surface area contributed by atoms with Crippen molar-refractivity contribution in [2.75, 3.05) is 5.32 Å². The van der Waals surface area contributed by atoms with Crippen LogP contribution in [0.4, 0.5) is 5.82 Å². The van der Waals surface area contributed by atoms with E-state index in [9.17, 15) is 0 Å². The summed E-state index contributed by atoms with van der Waals surface area (Å²) in [5.74, 6) is 0.866. The number of hydrogen-bond donors (Lipinski definition) is 2. The molecule has 0 unspecified atom stereocenters. The number of nitrogens with zero attached hydrogens (tertiary/aromatic N) is 3. The van der Waals surface area contributed by atoms with Crippen molar-refractivity contribution in [3.63, 3.8) is 0 Å². The number of nitrogens with two attached hydrogens (primary N) is 1. The molecule has 5 nitrogen and oxygen atoms in total. The van der Waals surface area contributed by atoms with Gasteiger partial charge < -0.3 is 15.6 Å². The van der Waals surface area contributed by atoms with E-state index in [0.29, 0.717) is 17.1 Å². The summed E-state index contributed by atoms with van der Waals surface area (Å²) in [5.41, 5.74) is 10.1. The van der Waals surface area contributed by atoms with Crippen LogP contribution in [0.15, 0.2) is 36.8 Å². The van der Waals surface area contributed by atoms with Crippen LogP contribution in [-0.4, -0.2) is 26.6 Å². The maximum atomic E-state index is 6.43. The number of rotatable bonds is 3. The van der Waals surface area contributed by atoms with Crippen LogP contribution >= 0.6 is 11.6 Å². The Morgan fingerprint density at radius 3 is 2.76 bits per heavy atom. The molecule has 2 heterocycles. The van der Waals surface area contributed by atoms with Crippen molar-refractivity contribution in [2.45, 2.75) is 37.8 Å². The van der Waals surface area contributed by atoms with E-state index in [1.54, 1.807) is 6.20 Å². The summed E-state index contributed by atoms with van der Waals surface area (Å²) in [4.78, 5) is 8.83. The monoisotopic (exact) mass is 355 g/mol. The Morgan fingerprint density at radius 1 is 1.16 bits per heavy atom. The van der Waals surface area contributed by atoms with Crippen LogP contribution in [-0.2, 0) is 7.05 Å². The molecule has 0 aliphatic heterocycles. The molecule has 0 bridgehead atoms. The van der Waals surface area contributed by atoms with E-state index >= 15 is 0 Å². The van der Waals surface area contributed by atoms with Crippen molar-refractivity contribution < 1.29 is 0 Å². The molecule has 1 saturated carbocycles. The number of hydrogen-bond acceptors (Lipinski definition) is 4. The molecule has 3 aromatic rings. The first kappa shape index (κ1) is 16.4.